The summed E-state index contributed by atoms with van der Waals surface area (Å²) in [7, 11) is 0. The number of fused-ring (bicyclic) bond motifs is 5. The first kappa shape index (κ1) is 32.8. The fourth-order valence-electron chi connectivity index (χ4n) is 8.32. The molecule has 0 aliphatic rings. The molecule has 0 atom stereocenters. The second-order valence-electron chi connectivity index (χ2n) is 14.5. The first-order chi connectivity index (χ1) is 28.2. The molecule has 11 rings (SSSR count). The second-order valence-corrected chi connectivity index (χ2v) is 14.5. The van der Waals surface area contributed by atoms with E-state index in [1.807, 2.05) is 30.3 Å². The van der Waals surface area contributed by atoms with Crippen LogP contribution in [-0.2, 0) is 0 Å². The van der Waals surface area contributed by atoms with E-state index >= 15 is 0 Å². The number of hydrogen-bond acceptors (Lipinski definition) is 3. The molecule has 11 aromatic rings. The zero-order valence-corrected chi connectivity index (χ0v) is 30.9. The SMILES string of the molecule is c1ccc(-c2nc(-c3cc(-c4ccc5oc6ccccc6c5c4)cc(-c4cccc5ccccc45)c3)cc(-c3ccc(-c4ccccc4)c4ccccc34)n2)cc1. The molecule has 0 fully saturated rings. The summed E-state index contributed by atoms with van der Waals surface area (Å²) < 4.78 is 6.23. The number of hydrogen-bond donors (Lipinski definition) is 0. The molecule has 0 N–H and O–H groups in total. The minimum atomic E-state index is 0.683. The van der Waals surface area contributed by atoms with Gasteiger partial charge in [-0.25, -0.2) is 9.97 Å². The van der Waals surface area contributed by atoms with Gasteiger partial charge in [-0.3, -0.25) is 0 Å². The van der Waals surface area contributed by atoms with Crippen molar-refractivity contribution in [1.82, 2.24) is 9.97 Å². The van der Waals surface area contributed by atoms with E-state index in [1.165, 1.54) is 32.8 Å². The van der Waals surface area contributed by atoms with E-state index in [0.717, 1.165) is 72.1 Å². The molecule has 0 saturated heterocycles. The van der Waals surface area contributed by atoms with Gasteiger partial charge in [0.15, 0.2) is 5.82 Å². The Kier molecular flexibility index (Phi) is 7.82. The lowest BCUT2D eigenvalue weighted by Crippen LogP contribution is -1.97. The smallest absolute Gasteiger partial charge is 0.160 e. The van der Waals surface area contributed by atoms with Crippen molar-refractivity contribution in [1.29, 1.82) is 0 Å². The lowest BCUT2D eigenvalue weighted by Gasteiger charge is -2.15. The van der Waals surface area contributed by atoms with Crippen molar-refractivity contribution in [3.63, 3.8) is 0 Å². The summed E-state index contributed by atoms with van der Waals surface area (Å²) in [6.45, 7) is 0. The van der Waals surface area contributed by atoms with Crippen LogP contribution < -0.4 is 0 Å². The molecule has 0 bridgehead atoms. The zero-order valence-electron chi connectivity index (χ0n) is 30.9. The summed E-state index contributed by atoms with van der Waals surface area (Å²) >= 11 is 0. The maximum absolute atomic E-state index is 6.23. The van der Waals surface area contributed by atoms with Crippen molar-refractivity contribution in [2.75, 3.05) is 0 Å². The molecular formula is C54H34N2O. The highest BCUT2D eigenvalue weighted by Crippen LogP contribution is 2.40. The maximum Gasteiger partial charge on any atom is 0.160 e. The Morgan fingerprint density at radius 1 is 0.281 bits per heavy atom. The summed E-state index contributed by atoms with van der Waals surface area (Å²) in [4.78, 5) is 10.6. The van der Waals surface area contributed by atoms with E-state index in [9.17, 15) is 0 Å². The molecule has 2 heterocycles. The Morgan fingerprint density at radius 3 is 1.68 bits per heavy atom. The Hall–Kier alpha value is -7.62. The van der Waals surface area contributed by atoms with Crippen LogP contribution in [0, 0.1) is 0 Å². The van der Waals surface area contributed by atoms with Crippen molar-refractivity contribution >= 4 is 43.5 Å². The van der Waals surface area contributed by atoms with Gasteiger partial charge < -0.3 is 4.42 Å². The van der Waals surface area contributed by atoms with E-state index in [0.29, 0.717) is 5.82 Å². The van der Waals surface area contributed by atoms with Gasteiger partial charge in [-0.2, -0.15) is 0 Å². The zero-order chi connectivity index (χ0) is 37.7. The molecule has 3 nitrogen and oxygen atoms in total. The van der Waals surface area contributed by atoms with Crippen molar-refractivity contribution in [3.05, 3.63) is 206 Å². The van der Waals surface area contributed by atoms with Crippen molar-refractivity contribution in [3.8, 4) is 67.3 Å². The minimum Gasteiger partial charge on any atom is -0.456 e. The molecule has 0 aliphatic heterocycles. The molecule has 0 amide bonds. The third-order valence-electron chi connectivity index (χ3n) is 11.1. The number of benzene rings is 9. The normalized spacial score (nSPS) is 11.5. The van der Waals surface area contributed by atoms with Crippen LogP contribution in [0.5, 0.6) is 0 Å². The summed E-state index contributed by atoms with van der Waals surface area (Å²) in [6.07, 6.45) is 0. The number of aromatic nitrogens is 2. The highest BCUT2D eigenvalue weighted by Gasteiger charge is 2.17. The quantitative estimate of drug-likeness (QED) is 0.171. The molecule has 3 heteroatoms. The fraction of sp³-hybridized carbons (Fsp3) is 0. The molecule has 57 heavy (non-hydrogen) atoms. The van der Waals surface area contributed by atoms with Gasteiger partial charge in [0.2, 0.25) is 0 Å². The highest BCUT2D eigenvalue weighted by molar-refractivity contribution is 6.07. The average Bonchev–Trinajstić information content (AvgIpc) is 3.67. The molecule has 0 radical (unpaired) electrons. The van der Waals surface area contributed by atoms with E-state index in [-0.39, 0.29) is 0 Å². The van der Waals surface area contributed by atoms with Crippen molar-refractivity contribution in [2.24, 2.45) is 0 Å². The monoisotopic (exact) mass is 726 g/mol. The molecule has 0 aliphatic carbocycles. The maximum atomic E-state index is 6.23. The first-order valence-electron chi connectivity index (χ1n) is 19.3. The number of para-hydroxylation sites is 1. The van der Waals surface area contributed by atoms with Crippen LogP contribution in [0.15, 0.2) is 211 Å². The highest BCUT2D eigenvalue weighted by atomic mass is 16.3. The molecule has 0 unspecified atom stereocenters. The van der Waals surface area contributed by atoms with Crippen LogP contribution in [0.3, 0.4) is 0 Å². The van der Waals surface area contributed by atoms with E-state index in [4.69, 9.17) is 14.4 Å². The van der Waals surface area contributed by atoms with Gasteiger partial charge in [0, 0.05) is 27.5 Å². The fourth-order valence-corrected chi connectivity index (χ4v) is 8.32. The van der Waals surface area contributed by atoms with Crippen LogP contribution >= 0.6 is 0 Å². The van der Waals surface area contributed by atoms with Crippen LogP contribution in [-0.4, -0.2) is 9.97 Å². The van der Waals surface area contributed by atoms with Crippen LogP contribution in [0.1, 0.15) is 0 Å². The van der Waals surface area contributed by atoms with Gasteiger partial charge in [-0.1, -0.05) is 164 Å². The van der Waals surface area contributed by atoms with Crippen molar-refractivity contribution in [2.45, 2.75) is 0 Å². The Balaban J connectivity index is 1.16. The second kappa shape index (κ2) is 13.6. The minimum absolute atomic E-state index is 0.683. The number of nitrogens with zero attached hydrogens (tertiary/aromatic N) is 2. The summed E-state index contributed by atoms with van der Waals surface area (Å²) in [5.74, 6) is 0.683. The van der Waals surface area contributed by atoms with Crippen LogP contribution in [0.4, 0.5) is 0 Å². The predicted octanol–water partition coefficient (Wildman–Crippen LogP) is 14.7. The average molecular weight is 727 g/mol. The van der Waals surface area contributed by atoms with E-state index in [2.05, 4.69) is 176 Å². The summed E-state index contributed by atoms with van der Waals surface area (Å²) in [6, 6.07) is 72.9. The van der Waals surface area contributed by atoms with Crippen LogP contribution in [0.2, 0.25) is 0 Å². The topological polar surface area (TPSA) is 38.9 Å². The van der Waals surface area contributed by atoms with E-state index in [1.54, 1.807) is 0 Å². The van der Waals surface area contributed by atoms with Crippen LogP contribution in [0.25, 0.3) is 111 Å². The van der Waals surface area contributed by atoms with Gasteiger partial charge >= 0.3 is 0 Å². The first-order valence-corrected chi connectivity index (χ1v) is 19.3. The number of rotatable bonds is 6. The molecule has 2 aromatic heterocycles. The molecule has 266 valence electrons. The van der Waals surface area contributed by atoms with Gasteiger partial charge in [0.1, 0.15) is 11.2 Å². The van der Waals surface area contributed by atoms with E-state index < -0.39 is 0 Å². The molecule has 0 saturated carbocycles. The summed E-state index contributed by atoms with van der Waals surface area (Å²) in [5, 5.41) is 6.95. The lowest BCUT2D eigenvalue weighted by molar-refractivity contribution is 0.669. The largest absolute Gasteiger partial charge is 0.456 e. The Morgan fingerprint density at radius 2 is 0.860 bits per heavy atom. The van der Waals surface area contributed by atoms with Gasteiger partial charge in [0.25, 0.3) is 0 Å². The number of furan rings is 1. The Labute approximate surface area is 330 Å². The third-order valence-corrected chi connectivity index (χ3v) is 11.1. The third kappa shape index (κ3) is 5.85. The predicted molar refractivity (Wildman–Crippen MR) is 237 cm³/mol. The lowest BCUT2D eigenvalue weighted by atomic mass is 9.91. The molecular weight excluding hydrogens is 693 g/mol. The van der Waals surface area contributed by atoms with Gasteiger partial charge in [-0.15, -0.1) is 0 Å². The molecule has 9 aromatic carbocycles. The van der Waals surface area contributed by atoms with Gasteiger partial charge in [-0.05, 0) is 97.4 Å². The Bertz CT molecular complexity index is 3290. The standard InChI is InChI=1S/C54H34N2O/c1-3-14-35(15-4-1)44-27-28-47(46-22-10-9-21-45(44)46)51-34-50(55-54(56-51)37-17-5-2-6-18-37)41-31-39(30-40(32-41)43-24-13-19-36-16-7-8-20-42(36)43)38-26-29-53-49(33-38)48-23-11-12-25-52(48)57-53/h1-34H. The van der Waals surface area contributed by atoms with Gasteiger partial charge in [0.05, 0.1) is 11.4 Å². The molecule has 0 spiro atoms. The van der Waals surface area contributed by atoms with Crippen molar-refractivity contribution < 1.29 is 4.42 Å². The summed E-state index contributed by atoms with van der Waals surface area (Å²) in [5.41, 5.74) is 13.4.